The number of benzene rings is 1. The van der Waals surface area contributed by atoms with Crippen molar-refractivity contribution in [2.45, 2.75) is 33.1 Å². The highest BCUT2D eigenvalue weighted by Crippen LogP contribution is 2.32. The van der Waals surface area contributed by atoms with E-state index in [1.54, 1.807) is 0 Å². The molecule has 0 saturated carbocycles. The lowest BCUT2D eigenvalue weighted by Crippen LogP contribution is -2.37. The molecule has 2 aliphatic heterocycles. The van der Waals surface area contributed by atoms with Crippen LogP contribution >= 0.6 is 0 Å². The first-order valence-electron chi connectivity index (χ1n) is 8.06. The maximum atomic E-state index is 12.7. The Hall–Kier alpha value is -2.10. The lowest BCUT2D eigenvalue weighted by atomic mass is 10.0. The third kappa shape index (κ3) is 2.43. The van der Waals surface area contributed by atoms with E-state index < -0.39 is 0 Å². The Bertz CT molecular complexity index is 625. The quantitative estimate of drug-likeness (QED) is 0.805. The first kappa shape index (κ1) is 14.8. The molecular weight excluding hydrogens is 276 g/mol. The van der Waals surface area contributed by atoms with Gasteiger partial charge >= 0.3 is 0 Å². The van der Waals surface area contributed by atoms with Gasteiger partial charge in [0.05, 0.1) is 5.57 Å². The summed E-state index contributed by atoms with van der Waals surface area (Å²) in [5.41, 5.74) is 3.18. The van der Waals surface area contributed by atoms with E-state index in [0.717, 1.165) is 37.1 Å². The van der Waals surface area contributed by atoms with Gasteiger partial charge in [0.1, 0.15) is 5.70 Å². The number of aryl methyl sites for hydroxylation is 1. The second-order valence-electron chi connectivity index (χ2n) is 5.99. The predicted octanol–water partition coefficient (Wildman–Crippen LogP) is 2.58. The van der Waals surface area contributed by atoms with Gasteiger partial charge in [-0.05, 0) is 38.7 Å². The summed E-state index contributed by atoms with van der Waals surface area (Å²) in [5, 5.41) is 0. The Balaban J connectivity index is 2.08. The second-order valence-corrected chi connectivity index (χ2v) is 5.99. The Morgan fingerprint density at radius 2 is 1.59 bits per heavy atom. The van der Waals surface area contributed by atoms with Gasteiger partial charge in [-0.15, -0.1) is 0 Å². The van der Waals surface area contributed by atoms with E-state index in [1.165, 1.54) is 11.3 Å². The zero-order valence-corrected chi connectivity index (χ0v) is 13.3. The van der Waals surface area contributed by atoms with Crippen molar-refractivity contribution in [3.63, 3.8) is 0 Å². The molecule has 1 saturated heterocycles. The van der Waals surface area contributed by atoms with Crippen LogP contribution in [-0.4, -0.2) is 41.2 Å². The van der Waals surface area contributed by atoms with E-state index in [9.17, 15) is 9.59 Å². The molecule has 0 unspecified atom stereocenters. The number of rotatable bonds is 3. The number of hydrogen-bond donors (Lipinski definition) is 0. The largest absolute Gasteiger partial charge is 0.366 e. The van der Waals surface area contributed by atoms with E-state index in [2.05, 4.69) is 4.90 Å². The molecule has 0 N–H and O–H groups in total. The summed E-state index contributed by atoms with van der Waals surface area (Å²) in [6.45, 7) is 6.01. The highest BCUT2D eigenvalue weighted by atomic mass is 16.2. The smallest absolute Gasteiger partial charge is 0.277 e. The average Bonchev–Trinajstić information content (AvgIpc) is 2.79. The van der Waals surface area contributed by atoms with Crippen molar-refractivity contribution >= 4 is 17.4 Å². The SMILES string of the molecule is CCN1C(=O)C(c2ccc(C)cc2)=C(N2CCCCC2)C1=O. The number of imide groups is 1. The fourth-order valence-electron chi connectivity index (χ4n) is 3.24. The van der Waals surface area contributed by atoms with Gasteiger partial charge in [-0.25, -0.2) is 0 Å². The summed E-state index contributed by atoms with van der Waals surface area (Å²) in [7, 11) is 0. The molecule has 4 nitrogen and oxygen atoms in total. The molecule has 0 aromatic heterocycles. The number of carbonyl (C=O) groups excluding carboxylic acids is 2. The van der Waals surface area contributed by atoms with Crippen molar-refractivity contribution in [1.29, 1.82) is 0 Å². The maximum absolute atomic E-state index is 12.7. The molecule has 1 fully saturated rings. The lowest BCUT2D eigenvalue weighted by Gasteiger charge is -2.29. The average molecular weight is 298 g/mol. The van der Waals surface area contributed by atoms with Crippen molar-refractivity contribution in [3.05, 3.63) is 41.1 Å². The summed E-state index contributed by atoms with van der Waals surface area (Å²) < 4.78 is 0. The highest BCUT2D eigenvalue weighted by molar-refractivity contribution is 6.35. The molecule has 0 bridgehead atoms. The van der Waals surface area contributed by atoms with Crippen molar-refractivity contribution < 1.29 is 9.59 Å². The molecule has 1 aromatic carbocycles. The van der Waals surface area contributed by atoms with E-state index in [-0.39, 0.29) is 11.8 Å². The fourth-order valence-corrected chi connectivity index (χ4v) is 3.24. The normalized spacial score (nSPS) is 19.4. The molecule has 1 aromatic rings. The van der Waals surface area contributed by atoms with E-state index in [4.69, 9.17) is 0 Å². The molecule has 116 valence electrons. The van der Waals surface area contributed by atoms with Crippen LogP contribution in [0.25, 0.3) is 5.57 Å². The lowest BCUT2D eigenvalue weighted by molar-refractivity contribution is -0.137. The van der Waals surface area contributed by atoms with E-state index in [1.807, 2.05) is 38.1 Å². The van der Waals surface area contributed by atoms with Gasteiger partial charge in [0.2, 0.25) is 0 Å². The molecule has 22 heavy (non-hydrogen) atoms. The zero-order valence-electron chi connectivity index (χ0n) is 13.3. The van der Waals surface area contributed by atoms with Gasteiger partial charge < -0.3 is 4.90 Å². The molecule has 4 heteroatoms. The third-order valence-electron chi connectivity index (χ3n) is 4.47. The summed E-state index contributed by atoms with van der Waals surface area (Å²) in [4.78, 5) is 28.9. The Morgan fingerprint density at radius 1 is 0.955 bits per heavy atom. The van der Waals surface area contributed by atoms with Crippen LogP contribution in [0.1, 0.15) is 37.3 Å². The molecule has 2 aliphatic rings. The Labute approximate surface area is 131 Å². The van der Waals surface area contributed by atoms with Gasteiger partial charge in [-0.1, -0.05) is 29.8 Å². The molecule has 0 atom stereocenters. The molecule has 3 rings (SSSR count). The first-order chi connectivity index (χ1) is 10.6. The first-order valence-corrected chi connectivity index (χ1v) is 8.06. The van der Waals surface area contributed by atoms with Crippen LogP contribution in [0.5, 0.6) is 0 Å². The summed E-state index contributed by atoms with van der Waals surface area (Å²) in [5.74, 6) is -0.290. The molecule has 0 spiro atoms. The number of nitrogens with zero attached hydrogens (tertiary/aromatic N) is 2. The fraction of sp³-hybridized carbons (Fsp3) is 0.444. The third-order valence-corrected chi connectivity index (χ3v) is 4.47. The maximum Gasteiger partial charge on any atom is 0.277 e. The van der Waals surface area contributed by atoms with Crippen molar-refractivity contribution in [1.82, 2.24) is 9.80 Å². The summed E-state index contributed by atoms with van der Waals surface area (Å²) >= 11 is 0. The van der Waals surface area contributed by atoms with Gasteiger partial charge in [-0.3, -0.25) is 14.5 Å². The van der Waals surface area contributed by atoms with Gasteiger partial charge in [-0.2, -0.15) is 0 Å². The summed E-state index contributed by atoms with van der Waals surface area (Å²) in [6, 6.07) is 7.86. The summed E-state index contributed by atoms with van der Waals surface area (Å²) in [6.07, 6.45) is 3.36. The minimum atomic E-state index is -0.156. The highest BCUT2D eigenvalue weighted by Gasteiger charge is 2.40. The standard InChI is InChI=1S/C18H22N2O2/c1-3-20-17(21)15(14-9-7-13(2)8-10-14)16(18(20)22)19-11-5-4-6-12-19/h7-10H,3-6,11-12H2,1-2H3. The van der Waals surface area contributed by atoms with E-state index >= 15 is 0 Å². The monoisotopic (exact) mass is 298 g/mol. The van der Waals surface area contributed by atoms with Gasteiger partial charge in [0, 0.05) is 19.6 Å². The van der Waals surface area contributed by atoms with Crippen molar-refractivity contribution in [3.8, 4) is 0 Å². The number of carbonyl (C=O) groups is 2. The van der Waals surface area contributed by atoms with Crippen LogP contribution in [0.3, 0.4) is 0 Å². The van der Waals surface area contributed by atoms with Gasteiger partial charge in [0.15, 0.2) is 0 Å². The number of amides is 2. The van der Waals surface area contributed by atoms with Crippen molar-refractivity contribution in [2.24, 2.45) is 0 Å². The minimum Gasteiger partial charge on any atom is -0.366 e. The van der Waals surface area contributed by atoms with Crippen LogP contribution in [0.15, 0.2) is 30.0 Å². The number of piperidine rings is 1. The number of likely N-dealkylation sites (N-methyl/N-ethyl adjacent to an activating group) is 1. The van der Waals surface area contributed by atoms with Gasteiger partial charge in [0.25, 0.3) is 11.8 Å². The second kappa shape index (κ2) is 5.95. The zero-order chi connectivity index (χ0) is 15.7. The molecule has 0 radical (unpaired) electrons. The Morgan fingerprint density at radius 3 is 2.18 bits per heavy atom. The van der Waals surface area contributed by atoms with Crippen LogP contribution < -0.4 is 0 Å². The Kier molecular flexibility index (Phi) is 4.01. The molecular formula is C18H22N2O2. The van der Waals surface area contributed by atoms with E-state index in [0.29, 0.717) is 17.8 Å². The van der Waals surface area contributed by atoms with Crippen LogP contribution in [-0.2, 0) is 9.59 Å². The van der Waals surface area contributed by atoms with Crippen LogP contribution in [0, 0.1) is 6.92 Å². The molecule has 2 amide bonds. The number of likely N-dealkylation sites (tertiary alicyclic amines) is 1. The number of hydrogen-bond acceptors (Lipinski definition) is 3. The van der Waals surface area contributed by atoms with Crippen molar-refractivity contribution in [2.75, 3.05) is 19.6 Å². The predicted molar refractivity (Wildman–Crippen MR) is 85.9 cm³/mol. The van der Waals surface area contributed by atoms with Crippen LogP contribution in [0.2, 0.25) is 0 Å². The molecule has 0 aliphatic carbocycles. The minimum absolute atomic E-state index is 0.134. The van der Waals surface area contributed by atoms with Crippen LogP contribution in [0.4, 0.5) is 0 Å². The molecule has 2 heterocycles. The topological polar surface area (TPSA) is 40.6 Å².